The van der Waals surface area contributed by atoms with Gasteiger partial charge < -0.3 is 5.73 Å². The van der Waals surface area contributed by atoms with E-state index in [1.165, 1.54) is 0 Å². The third kappa shape index (κ3) is 2.21. The average Bonchev–Trinajstić information content (AvgIpc) is 2.57. The van der Waals surface area contributed by atoms with E-state index in [4.69, 9.17) is 5.73 Å². The van der Waals surface area contributed by atoms with Crippen LogP contribution in [-0.4, -0.2) is 5.78 Å². The van der Waals surface area contributed by atoms with Gasteiger partial charge in [0.15, 0.2) is 5.78 Å². The fourth-order valence-electron chi connectivity index (χ4n) is 2.96. The maximum Gasteiger partial charge on any atom is 0.166 e. The molecule has 1 fully saturated rings. The Bertz CT molecular complexity index is 448. The zero-order valence-corrected chi connectivity index (χ0v) is 10.9. The molecule has 0 saturated heterocycles. The highest BCUT2D eigenvalue weighted by molar-refractivity contribution is 6.00. The highest BCUT2D eigenvalue weighted by Crippen LogP contribution is 2.44. The van der Waals surface area contributed by atoms with E-state index in [1.807, 2.05) is 25.1 Å². The molecule has 17 heavy (non-hydrogen) atoms. The predicted octanol–water partition coefficient (Wildman–Crippen LogP) is 3.59. The van der Waals surface area contributed by atoms with E-state index in [0.29, 0.717) is 5.78 Å². The Morgan fingerprint density at radius 1 is 1.41 bits per heavy atom. The molecule has 2 rings (SSSR count). The number of ketones is 1. The number of carbonyl (C=O) groups is 1. The lowest BCUT2D eigenvalue weighted by Gasteiger charge is -2.26. The van der Waals surface area contributed by atoms with Gasteiger partial charge in [0, 0.05) is 17.2 Å². The molecule has 0 heterocycles. The molecule has 2 nitrogen and oxygen atoms in total. The Kier molecular flexibility index (Phi) is 2.98. The Balaban J connectivity index is 2.31. The van der Waals surface area contributed by atoms with Crippen LogP contribution in [0.15, 0.2) is 18.2 Å². The molecule has 0 aliphatic heterocycles. The maximum absolute atomic E-state index is 12.6. The van der Waals surface area contributed by atoms with Crippen molar-refractivity contribution < 1.29 is 4.79 Å². The number of nitrogens with two attached hydrogens (primary N) is 1. The van der Waals surface area contributed by atoms with Crippen molar-refractivity contribution in [2.75, 3.05) is 5.73 Å². The van der Waals surface area contributed by atoms with Gasteiger partial charge in [-0.3, -0.25) is 4.79 Å². The van der Waals surface area contributed by atoms with E-state index in [2.05, 4.69) is 13.8 Å². The smallest absolute Gasteiger partial charge is 0.166 e. The van der Waals surface area contributed by atoms with Crippen molar-refractivity contribution in [3.05, 3.63) is 29.3 Å². The molecule has 1 saturated carbocycles. The van der Waals surface area contributed by atoms with E-state index >= 15 is 0 Å². The highest BCUT2D eigenvalue weighted by atomic mass is 16.1. The number of benzene rings is 1. The quantitative estimate of drug-likeness (QED) is 0.624. The minimum atomic E-state index is 0.144. The van der Waals surface area contributed by atoms with Crippen molar-refractivity contribution in [2.24, 2.45) is 11.3 Å². The van der Waals surface area contributed by atoms with E-state index in [9.17, 15) is 4.79 Å². The maximum atomic E-state index is 12.6. The first-order valence-electron chi connectivity index (χ1n) is 6.32. The van der Waals surface area contributed by atoms with Gasteiger partial charge in [0.1, 0.15) is 0 Å². The fraction of sp³-hybridized carbons (Fsp3) is 0.533. The number of carbonyl (C=O) groups excluding carboxylic acids is 1. The summed E-state index contributed by atoms with van der Waals surface area (Å²) in [5.74, 6) is 0.467. The summed E-state index contributed by atoms with van der Waals surface area (Å²) in [6, 6.07) is 5.58. The van der Waals surface area contributed by atoms with Crippen LogP contribution in [0, 0.1) is 18.3 Å². The monoisotopic (exact) mass is 231 g/mol. The topological polar surface area (TPSA) is 43.1 Å². The Morgan fingerprint density at radius 2 is 2.12 bits per heavy atom. The molecule has 92 valence electrons. The summed E-state index contributed by atoms with van der Waals surface area (Å²) in [7, 11) is 0. The van der Waals surface area contributed by atoms with Gasteiger partial charge in [0.2, 0.25) is 0 Å². The zero-order valence-electron chi connectivity index (χ0n) is 10.9. The van der Waals surface area contributed by atoms with Crippen LogP contribution >= 0.6 is 0 Å². The third-order valence-corrected chi connectivity index (χ3v) is 4.09. The normalized spacial score (nSPS) is 22.6. The molecule has 0 amide bonds. The standard InChI is InChI=1S/C15H21NO/c1-10-9-11(16)6-7-12(10)14(17)13-5-4-8-15(13,2)3/h6-7,9,13H,4-5,8,16H2,1-3H3. The SMILES string of the molecule is Cc1cc(N)ccc1C(=O)C1CCCC1(C)C. The molecule has 1 aromatic rings. The molecule has 0 bridgehead atoms. The molecule has 2 N–H and O–H groups in total. The van der Waals surface area contributed by atoms with Crippen molar-refractivity contribution in [2.45, 2.75) is 40.0 Å². The molecule has 2 heteroatoms. The van der Waals surface area contributed by atoms with Gasteiger partial charge in [-0.1, -0.05) is 20.3 Å². The second-order valence-corrected chi connectivity index (χ2v) is 5.87. The Hall–Kier alpha value is -1.31. The molecular weight excluding hydrogens is 210 g/mol. The minimum absolute atomic E-state index is 0.144. The lowest BCUT2D eigenvalue weighted by Crippen LogP contribution is -2.26. The van der Waals surface area contributed by atoms with Gasteiger partial charge in [0.25, 0.3) is 0 Å². The molecule has 1 aliphatic carbocycles. The van der Waals surface area contributed by atoms with Crippen LogP contribution in [0.1, 0.15) is 49.0 Å². The largest absolute Gasteiger partial charge is 0.399 e. The van der Waals surface area contributed by atoms with Gasteiger partial charge >= 0.3 is 0 Å². The van der Waals surface area contributed by atoms with E-state index in [0.717, 1.165) is 36.1 Å². The molecule has 1 aliphatic rings. The average molecular weight is 231 g/mol. The second kappa shape index (κ2) is 4.17. The first kappa shape index (κ1) is 12.2. The van der Waals surface area contributed by atoms with E-state index in [-0.39, 0.29) is 11.3 Å². The van der Waals surface area contributed by atoms with Crippen LogP contribution in [0.4, 0.5) is 5.69 Å². The first-order valence-corrected chi connectivity index (χ1v) is 6.32. The number of hydrogen-bond acceptors (Lipinski definition) is 2. The summed E-state index contributed by atoms with van der Waals surface area (Å²) in [6.07, 6.45) is 3.34. The summed E-state index contributed by atoms with van der Waals surface area (Å²) in [6.45, 7) is 6.37. The molecule has 0 radical (unpaired) electrons. The predicted molar refractivity (Wildman–Crippen MR) is 71.0 cm³/mol. The molecular formula is C15H21NO. The molecule has 1 unspecified atom stereocenters. The van der Waals surface area contributed by atoms with Gasteiger partial charge in [-0.2, -0.15) is 0 Å². The van der Waals surface area contributed by atoms with Crippen molar-refractivity contribution in [1.29, 1.82) is 0 Å². The number of aryl methyl sites for hydroxylation is 1. The van der Waals surface area contributed by atoms with Crippen LogP contribution in [0.3, 0.4) is 0 Å². The molecule has 1 aromatic carbocycles. The fourth-order valence-corrected chi connectivity index (χ4v) is 2.96. The third-order valence-electron chi connectivity index (χ3n) is 4.09. The summed E-state index contributed by atoms with van der Waals surface area (Å²) in [5, 5.41) is 0. The van der Waals surface area contributed by atoms with Gasteiger partial charge in [-0.05, 0) is 48.9 Å². The van der Waals surface area contributed by atoms with Gasteiger partial charge in [-0.15, -0.1) is 0 Å². The Morgan fingerprint density at radius 3 is 2.65 bits per heavy atom. The summed E-state index contributed by atoms with van der Waals surface area (Å²) in [4.78, 5) is 12.6. The van der Waals surface area contributed by atoms with Gasteiger partial charge in [0.05, 0.1) is 0 Å². The lowest BCUT2D eigenvalue weighted by atomic mass is 9.77. The van der Waals surface area contributed by atoms with Crippen LogP contribution in [0.5, 0.6) is 0 Å². The number of rotatable bonds is 2. The highest BCUT2D eigenvalue weighted by Gasteiger charge is 2.39. The van der Waals surface area contributed by atoms with Crippen molar-refractivity contribution >= 4 is 11.5 Å². The number of hydrogen-bond donors (Lipinski definition) is 1. The number of Topliss-reactive ketones (excluding diaryl/α,β-unsaturated/α-hetero) is 1. The summed E-state index contributed by atoms with van der Waals surface area (Å²) in [5.41, 5.74) is 8.44. The molecule has 0 aromatic heterocycles. The van der Waals surface area contributed by atoms with Crippen LogP contribution in [0.2, 0.25) is 0 Å². The van der Waals surface area contributed by atoms with E-state index in [1.54, 1.807) is 0 Å². The van der Waals surface area contributed by atoms with Crippen molar-refractivity contribution in [3.8, 4) is 0 Å². The summed E-state index contributed by atoms with van der Waals surface area (Å²) >= 11 is 0. The first-order chi connectivity index (χ1) is 7.92. The van der Waals surface area contributed by atoms with Crippen LogP contribution in [0.25, 0.3) is 0 Å². The summed E-state index contributed by atoms with van der Waals surface area (Å²) < 4.78 is 0. The number of anilines is 1. The van der Waals surface area contributed by atoms with Gasteiger partial charge in [-0.25, -0.2) is 0 Å². The second-order valence-electron chi connectivity index (χ2n) is 5.87. The van der Waals surface area contributed by atoms with Crippen molar-refractivity contribution in [3.63, 3.8) is 0 Å². The van der Waals surface area contributed by atoms with Crippen molar-refractivity contribution in [1.82, 2.24) is 0 Å². The molecule has 1 atom stereocenters. The minimum Gasteiger partial charge on any atom is -0.399 e. The number of nitrogen functional groups attached to an aromatic ring is 1. The van der Waals surface area contributed by atoms with Crippen LogP contribution in [-0.2, 0) is 0 Å². The Labute approximate surface area is 103 Å². The zero-order chi connectivity index (χ0) is 12.6. The van der Waals surface area contributed by atoms with E-state index < -0.39 is 0 Å². The molecule has 0 spiro atoms. The lowest BCUT2D eigenvalue weighted by molar-refractivity contribution is 0.0838. The van der Waals surface area contributed by atoms with Crippen LogP contribution < -0.4 is 5.73 Å².